The smallest absolute Gasteiger partial charge is 0.230 e. The van der Waals surface area contributed by atoms with E-state index in [1.165, 1.54) is 0 Å². The molecule has 5 heteroatoms. The number of hydrogen-bond acceptors (Lipinski definition) is 3. The number of epoxide rings is 1. The highest BCUT2D eigenvalue weighted by molar-refractivity contribution is 6.74. The van der Waals surface area contributed by atoms with Crippen LogP contribution in [0, 0.1) is 5.92 Å². The Bertz CT molecular complexity index is 498. The second-order valence-corrected chi connectivity index (χ2v) is 13.0. The largest absolute Gasteiger partial charge is 0.413 e. The first-order valence-electron chi connectivity index (χ1n) is 7.85. The Balaban J connectivity index is 1.75. The van der Waals surface area contributed by atoms with Crippen molar-refractivity contribution in [1.29, 1.82) is 0 Å². The third-order valence-corrected chi connectivity index (χ3v) is 10.5. The van der Waals surface area contributed by atoms with Gasteiger partial charge in [0.05, 0.1) is 24.6 Å². The van der Waals surface area contributed by atoms with Crippen molar-refractivity contribution in [2.75, 3.05) is 6.54 Å². The third kappa shape index (κ3) is 1.90. The van der Waals surface area contributed by atoms with Crippen molar-refractivity contribution in [2.45, 2.75) is 69.7 Å². The predicted molar refractivity (Wildman–Crippen MR) is 84.5 cm³/mol. The fraction of sp³-hybridized carbons (Fsp3) is 0.812. The van der Waals surface area contributed by atoms with Crippen molar-refractivity contribution < 1.29 is 14.0 Å². The minimum atomic E-state index is -1.87. The normalized spacial score (nSPS) is 39.4. The fourth-order valence-electron chi connectivity index (χ4n) is 3.61. The molecule has 0 spiro atoms. The van der Waals surface area contributed by atoms with Crippen LogP contribution in [-0.4, -0.2) is 49.5 Å². The van der Waals surface area contributed by atoms with Gasteiger partial charge >= 0.3 is 0 Å². The van der Waals surface area contributed by atoms with E-state index in [1.807, 2.05) is 17.9 Å². The van der Waals surface area contributed by atoms with Crippen molar-refractivity contribution in [3.63, 3.8) is 0 Å². The molecule has 1 amide bonds. The van der Waals surface area contributed by atoms with Crippen LogP contribution >= 0.6 is 0 Å². The van der Waals surface area contributed by atoms with Gasteiger partial charge in [-0.1, -0.05) is 26.8 Å². The molecule has 3 rings (SSSR count). The van der Waals surface area contributed by atoms with E-state index in [9.17, 15) is 4.79 Å². The molecule has 0 aliphatic carbocycles. The second-order valence-electron chi connectivity index (χ2n) is 8.21. The Hall–Kier alpha value is -0.653. The number of amides is 1. The average Bonchev–Trinajstić information content (AvgIpc) is 2.98. The van der Waals surface area contributed by atoms with Gasteiger partial charge in [0.1, 0.15) is 11.7 Å². The number of hydrogen-bond donors (Lipinski definition) is 0. The monoisotopic (exact) mass is 309 g/mol. The number of fused-ring (bicyclic) bond motifs is 3. The van der Waals surface area contributed by atoms with Crippen LogP contribution in [0.4, 0.5) is 0 Å². The van der Waals surface area contributed by atoms with Gasteiger partial charge in [-0.25, -0.2) is 0 Å². The standard InChI is InChI=1S/C16H27NO3Si/c1-8-16-11(19-16)9-17-13(16)12(14(17)18)10(2)20-21(6,7)15(3,4)5/h8,10-13H,1,9H2,2-7H3/t10-,11-,12-,13+,16-/m1/s1. The van der Waals surface area contributed by atoms with Gasteiger partial charge in [-0.15, -0.1) is 6.58 Å². The number of nitrogens with zero attached hydrogens (tertiary/aromatic N) is 1. The number of rotatable bonds is 4. The number of morpholine rings is 1. The third-order valence-electron chi connectivity index (χ3n) is 5.97. The second kappa shape index (κ2) is 4.21. The van der Waals surface area contributed by atoms with Gasteiger partial charge in [-0.2, -0.15) is 0 Å². The van der Waals surface area contributed by atoms with Crippen LogP contribution in [0.25, 0.3) is 0 Å². The van der Waals surface area contributed by atoms with E-state index in [0.717, 1.165) is 6.54 Å². The van der Waals surface area contributed by atoms with Crippen molar-refractivity contribution >= 4 is 14.2 Å². The van der Waals surface area contributed by atoms with E-state index in [4.69, 9.17) is 9.16 Å². The summed E-state index contributed by atoms with van der Waals surface area (Å²) in [6.45, 7) is 17.8. The lowest BCUT2D eigenvalue weighted by Crippen LogP contribution is -2.67. The topological polar surface area (TPSA) is 42.1 Å². The number of ether oxygens (including phenoxy) is 1. The number of carbonyl (C=O) groups is 1. The lowest BCUT2D eigenvalue weighted by molar-refractivity contribution is -0.166. The van der Waals surface area contributed by atoms with Gasteiger partial charge in [0.25, 0.3) is 0 Å². The lowest BCUT2D eigenvalue weighted by atomic mass is 9.78. The van der Waals surface area contributed by atoms with Gasteiger partial charge in [0.15, 0.2) is 8.32 Å². The molecule has 4 nitrogen and oxygen atoms in total. The fourth-order valence-corrected chi connectivity index (χ4v) is 5.04. The Morgan fingerprint density at radius 3 is 2.67 bits per heavy atom. The summed E-state index contributed by atoms with van der Waals surface area (Å²) in [7, 11) is -1.87. The lowest BCUT2D eigenvalue weighted by Gasteiger charge is -2.50. The Labute approximate surface area is 128 Å². The van der Waals surface area contributed by atoms with Gasteiger partial charge < -0.3 is 14.1 Å². The molecule has 0 aromatic heterocycles. The molecule has 21 heavy (non-hydrogen) atoms. The zero-order valence-corrected chi connectivity index (χ0v) is 15.0. The van der Waals surface area contributed by atoms with Crippen LogP contribution in [0.3, 0.4) is 0 Å². The molecule has 0 bridgehead atoms. The minimum absolute atomic E-state index is 0.0561. The molecule has 3 fully saturated rings. The van der Waals surface area contributed by atoms with Gasteiger partial charge in [-0.3, -0.25) is 4.79 Å². The maximum Gasteiger partial charge on any atom is 0.230 e. The quantitative estimate of drug-likeness (QED) is 0.347. The van der Waals surface area contributed by atoms with Crippen molar-refractivity contribution in [2.24, 2.45) is 5.92 Å². The molecular formula is C16H27NO3Si. The summed E-state index contributed by atoms with van der Waals surface area (Å²) in [5.41, 5.74) is -0.288. The number of β-lactam (4-membered cyclic amide) rings is 1. The molecule has 3 aliphatic rings. The first-order valence-corrected chi connectivity index (χ1v) is 10.8. The molecule has 0 unspecified atom stereocenters. The highest BCUT2D eigenvalue weighted by Gasteiger charge is 2.76. The van der Waals surface area contributed by atoms with E-state index >= 15 is 0 Å². The van der Waals surface area contributed by atoms with Crippen LogP contribution in [-0.2, 0) is 14.0 Å². The average molecular weight is 309 g/mol. The molecule has 0 aromatic carbocycles. The zero-order valence-electron chi connectivity index (χ0n) is 14.0. The SMILES string of the molecule is C=C[C@@]12O[C@@H]1CN1C(=O)[C@H]([C@@H](C)O[Si](C)(C)C(C)(C)C)[C@H]12. The molecule has 118 valence electrons. The van der Waals surface area contributed by atoms with Gasteiger partial charge in [0.2, 0.25) is 5.91 Å². The molecule has 0 radical (unpaired) electrons. The van der Waals surface area contributed by atoms with E-state index in [-0.39, 0.29) is 40.7 Å². The maximum atomic E-state index is 12.4. The van der Waals surface area contributed by atoms with E-state index in [0.29, 0.717) is 0 Å². The van der Waals surface area contributed by atoms with Gasteiger partial charge in [0, 0.05) is 0 Å². The van der Waals surface area contributed by atoms with Crippen LogP contribution < -0.4 is 0 Å². The van der Waals surface area contributed by atoms with Crippen LogP contribution in [0.2, 0.25) is 18.1 Å². The molecule has 3 saturated heterocycles. The summed E-state index contributed by atoms with van der Waals surface area (Å²) in [5.74, 6) is 0.146. The summed E-state index contributed by atoms with van der Waals surface area (Å²) in [6, 6.07) is 0.132. The molecule has 3 heterocycles. The zero-order chi connectivity index (χ0) is 15.8. The molecule has 0 aromatic rings. The Morgan fingerprint density at radius 1 is 1.52 bits per heavy atom. The van der Waals surface area contributed by atoms with Crippen molar-refractivity contribution in [1.82, 2.24) is 4.90 Å². The Morgan fingerprint density at radius 2 is 2.14 bits per heavy atom. The van der Waals surface area contributed by atoms with Crippen LogP contribution in [0.15, 0.2) is 12.7 Å². The van der Waals surface area contributed by atoms with Crippen molar-refractivity contribution in [3.05, 3.63) is 12.7 Å². The van der Waals surface area contributed by atoms with Crippen LogP contribution in [0.5, 0.6) is 0 Å². The summed E-state index contributed by atoms with van der Waals surface area (Å²) < 4.78 is 12.2. The molecule has 0 saturated carbocycles. The highest BCUT2D eigenvalue weighted by Crippen LogP contribution is 2.57. The van der Waals surface area contributed by atoms with E-state index in [1.54, 1.807) is 0 Å². The highest BCUT2D eigenvalue weighted by atomic mass is 28.4. The van der Waals surface area contributed by atoms with Gasteiger partial charge in [-0.05, 0) is 25.1 Å². The summed E-state index contributed by atoms with van der Waals surface area (Å²) in [6.07, 6.45) is 1.99. The summed E-state index contributed by atoms with van der Waals surface area (Å²) in [4.78, 5) is 14.4. The minimum Gasteiger partial charge on any atom is -0.413 e. The molecule has 3 aliphatic heterocycles. The van der Waals surface area contributed by atoms with Crippen LogP contribution in [0.1, 0.15) is 27.7 Å². The van der Waals surface area contributed by atoms with E-state index < -0.39 is 8.32 Å². The molecule has 5 atom stereocenters. The molecule has 0 N–H and O–H groups in total. The maximum absolute atomic E-state index is 12.4. The Kier molecular flexibility index (Phi) is 3.05. The first kappa shape index (κ1) is 15.3. The number of carbonyl (C=O) groups excluding carboxylic acids is 1. The van der Waals surface area contributed by atoms with Crippen molar-refractivity contribution in [3.8, 4) is 0 Å². The predicted octanol–water partition coefficient (Wildman–Crippen LogP) is 2.56. The first-order chi connectivity index (χ1) is 9.55. The molecular weight excluding hydrogens is 282 g/mol. The van der Waals surface area contributed by atoms with E-state index in [2.05, 4.69) is 40.4 Å². The summed E-state index contributed by atoms with van der Waals surface area (Å²) >= 11 is 0. The summed E-state index contributed by atoms with van der Waals surface area (Å²) in [5, 5.41) is 0.151.